The molecule has 0 spiro atoms. The highest BCUT2D eigenvalue weighted by Gasteiger charge is 2.32. The maximum atomic E-state index is 6.26. The van der Waals surface area contributed by atoms with E-state index in [0.717, 1.165) is 17.8 Å². The molecular weight excluding hydrogens is 254 g/mol. The average Bonchev–Trinajstić information content (AvgIpc) is 2.96. The summed E-state index contributed by atoms with van der Waals surface area (Å²) in [5, 5.41) is 3.21. The van der Waals surface area contributed by atoms with E-state index in [1.807, 2.05) is 11.6 Å². The second-order valence-electron chi connectivity index (χ2n) is 5.92. The Morgan fingerprint density at radius 3 is 2.95 bits per heavy atom. The number of aryl methyl sites for hydroxylation is 1. The van der Waals surface area contributed by atoms with Gasteiger partial charge in [-0.2, -0.15) is 0 Å². The van der Waals surface area contributed by atoms with Crippen LogP contribution in [0.1, 0.15) is 54.7 Å². The van der Waals surface area contributed by atoms with Gasteiger partial charge in [0, 0.05) is 29.0 Å². The first-order valence-corrected chi connectivity index (χ1v) is 7.77. The Morgan fingerprint density at radius 1 is 1.47 bits per heavy atom. The standard InChI is InChI=1S/C15H21N3S/c1-10-9-11-12(16)5-4-6-13(11)18(10)15(2,3)14-17-7-8-19-14/h7-9,12H,4-6,16H2,1-3H3. The number of rotatable bonds is 2. The lowest BCUT2D eigenvalue weighted by Gasteiger charge is -2.31. The first-order chi connectivity index (χ1) is 9.01. The first kappa shape index (κ1) is 12.9. The molecule has 0 aromatic carbocycles. The van der Waals surface area contributed by atoms with Crippen molar-refractivity contribution in [2.45, 2.75) is 51.6 Å². The predicted octanol–water partition coefficient (Wildman–Crippen LogP) is 3.37. The third-order valence-corrected chi connectivity index (χ3v) is 5.25. The summed E-state index contributed by atoms with van der Waals surface area (Å²) in [5.74, 6) is 0. The van der Waals surface area contributed by atoms with Crippen LogP contribution in [-0.4, -0.2) is 9.55 Å². The number of nitrogens with two attached hydrogens (primary N) is 1. The first-order valence-electron chi connectivity index (χ1n) is 6.89. The smallest absolute Gasteiger partial charge is 0.118 e. The Bertz CT molecular complexity index is 581. The topological polar surface area (TPSA) is 43.8 Å². The maximum absolute atomic E-state index is 6.26. The minimum atomic E-state index is -0.0944. The normalized spacial score (nSPS) is 19.5. The van der Waals surface area contributed by atoms with Crippen LogP contribution in [0.15, 0.2) is 17.6 Å². The van der Waals surface area contributed by atoms with Crippen LogP contribution >= 0.6 is 11.3 Å². The second-order valence-corrected chi connectivity index (χ2v) is 6.81. The Labute approximate surface area is 118 Å². The molecule has 4 heteroatoms. The number of fused-ring (bicyclic) bond motifs is 1. The molecule has 3 rings (SSSR count). The van der Waals surface area contributed by atoms with Crippen molar-refractivity contribution in [1.82, 2.24) is 9.55 Å². The van der Waals surface area contributed by atoms with Crippen LogP contribution in [0.5, 0.6) is 0 Å². The molecule has 3 nitrogen and oxygen atoms in total. The summed E-state index contributed by atoms with van der Waals surface area (Å²) < 4.78 is 2.44. The number of nitrogens with zero attached hydrogens (tertiary/aromatic N) is 2. The molecule has 1 unspecified atom stereocenters. The molecule has 1 aliphatic rings. The fraction of sp³-hybridized carbons (Fsp3) is 0.533. The highest BCUT2D eigenvalue weighted by atomic mass is 32.1. The van der Waals surface area contributed by atoms with E-state index in [9.17, 15) is 0 Å². The highest BCUT2D eigenvalue weighted by Crippen LogP contribution is 2.37. The van der Waals surface area contributed by atoms with Crippen molar-refractivity contribution in [2.24, 2.45) is 5.73 Å². The third kappa shape index (κ3) is 1.94. The summed E-state index contributed by atoms with van der Waals surface area (Å²) in [7, 11) is 0. The molecule has 2 aromatic rings. The molecule has 102 valence electrons. The van der Waals surface area contributed by atoms with Gasteiger partial charge >= 0.3 is 0 Å². The molecule has 0 saturated carbocycles. The quantitative estimate of drug-likeness (QED) is 0.913. The molecule has 1 atom stereocenters. The molecule has 0 radical (unpaired) electrons. The molecule has 0 bridgehead atoms. The number of aromatic nitrogens is 2. The van der Waals surface area contributed by atoms with Crippen molar-refractivity contribution in [1.29, 1.82) is 0 Å². The lowest BCUT2D eigenvalue weighted by atomic mass is 9.93. The van der Waals surface area contributed by atoms with Gasteiger partial charge < -0.3 is 10.3 Å². The van der Waals surface area contributed by atoms with Gasteiger partial charge in [-0.15, -0.1) is 11.3 Å². The fourth-order valence-corrected chi connectivity index (χ4v) is 4.09. The molecule has 2 heterocycles. The van der Waals surface area contributed by atoms with E-state index in [-0.39, 0.29) is 11.6 Å². The van der Waals surface area contributed by atoms with Crippen molar-refractivity contribution < 1.29 is 0 Å². The van der Waals surface area contributed by atoms with Crippen molar-refractivity contribution in [3.63, 3.8) is 0 Å². The van der Waals surface area contributed by atoms with Gasteiger partial charge in [0.2, 0.25) is 0 Å². The van der Waals surface area contributed by atoms with E-state index in [1.54, 1.807) is 11.3 Å². The fourth-order valence-electron chi connectivity index (χ4n) is 3.34. The minimum Gasteiger partial charge on any atom is -0.337 e. The number of hydrogen-bond donors (Lipinski definition) is 1. The van der Waals surface area contributed by atoms with Gasteiger partial charge in [0.15, 0.2) is 0 Å². The third-order valence-electron chi connectivity index (χ3n) is 4.16. The van der Waals surface area contributed by atoms with Gasteiger partial charge in [0.1, 0.15) is 5.01 Å². The molecule has 0 amide bonds. The predicted molar refractivity (Wildman–Crippen MR) is 79.6 cm³/mol. The summed E-state index contributed by atoms with van der Waals surface area (Å²) in [4.78, 5) is 4.52. The van der Waals surface area contributed by atoms with Crippen molar-refractivity contribution in [2.75, 3.05) is 0 Å². The van der Waals surface area contributed by atoms with Crippen molar-refractivity contribution in [3.05, 3.63) is 39.6 Å². The van der Waals surface area contributed by atoms with Crippen molar-refractivity contribution >= 4 is 11.3 Å². The molecule has 0 saturated heterocycles. The molecule has 1 aliphatic carbocycles. The van der Waals surface area contributed by atoms with Gasteiger partial charge in [-0.25, -0.2) is 4.98 Å². The molecule has 2 N–H and O–H groups in total. The van der Waals surface area contributed by atoms with Crippen LogP contribution in [0.2, 0.25) is 0 Å². The van der Waals surface area contributed by atoms with Crippen LogP contribution in [0.3, 0.4) is 0 Å². The minimum absolute atomic E-state index is 0.0944. The Hall–Kier alpha value is -1.13. The van der Waals surface area contributed by atoms with E-state index < -0.39 is 0 Å². The van der Waals surface area contributed by atoms with E-state index in [2.05, 4.69) is 36.4 Å². The second kappa shape index (κ2) is 4.46. The molecule has 0 fully saturated rings. The lowest BCUT2D eigenvalue weighted by Crippen LogP contribution is -2.31. The maximum Gasteiger partial charge on any atom is 0.118 e. The van der Waals surface area contributed by atoms with Crippen LogP contribution in [0.4, 0.5) is 0 Å². The lowest BCUT2D eigenvalue weighted by molar-refractivity contribution is 0.401. The molecule has 2 aromatic heterocycles. The zero-order chi connectivity index (χ0) is 13.6. The molecular formula is C15H21N3S. The zero-order valence-corrected chi connectivity index (χ0v) is 12.6. The van der Waals surface area contributed by atoms with E-state index in [1.165, 1.54) is 23.4 Å². The van der Waals surface area contributed by atoms with Gasteiger partial charge in [0.05, 0.1) is 5.54 Å². The van der Waals surface area contributed by atoms with Crippen LogP contribution in [0, 0.1) is 6.92 Å². The number of hydrogen-bond acceptors (Lipinski definition) is 3. The van der Waals surface area contributed by atoms with Crippen LogP contribution in [-0.2, 0) is 12.0 Å². The summed E-state index contributed by atoms with van der Waals surface area (Å²) in [5.41, 5.74) is 10.2. The monoisotopic (exact) mass is 275 g/mol. The van der Waals surface area contributed by atoms with Gasteiger partial charge in [-0.3, -0.25) is 0 Å². The summed E-state index contributed by atoms with van der Waals surface area (Å²) in [6.45, 7) is 6.68. The Balaban J connectivity index is 2.16. The molecule has 19 heavy (non-hydrogen) atoms. The highest BCUT2D eigenvalue weighted by molar-refractivity contribution is 7.09. The molecule has 0 aliphatic heterocycles. The summed E-state index contributed by atoms with van der Waals surface area (Å²) in [6, 6.07) is 2.48. The van der Waals surface area contributed by atoms with Gasteiger partial charge in [0.25, 0.3) is 0 Å². The zero-order valence-electron chi connectivity index (χ0n) is 11.8. The van der Waals surface area contributed by atoms with Gasteiger partial charge in [-0.1, -0.05) is 0 Å². The van der Waals surface area contributed by atoms with E-state index in [0.29, 0.717) is 0 Å². The summed E-state index contributed by atoms with van der Waals surface area (Å²) in [6.07, 6.45) is 5.31. The summed E-state index contributed by atoms with van der Waals surface area (Å²) >= 11 is 1.73. The van der Waals surface area contributed by atoms with Crippen LogP contribution in [0.25, 0.3) is 0 Å². The van der Waals surface area contributed by atoms with Gasteiger partial charge in [-0.05, 0) is 51.7 Å². The van der Waals surface area contributed by atoms with E-state index >= 15 is 0 Å². The Morgan fingerprint density at radius 2 is 2.26 bits per heavy atom. The van der Waals surface area contributed by atoms with E-state index in [4.69, 9.17) is 5.73 Å². The number of thiazole rings is 1. The average molecular weight is 275 g/mol. The largest absolute Gasteiger partial charge is 0.337 e. The van der Waals surface area contributed by atoms with Crippen molar-refractivity contribution in [3.8, 4) is 0 Å². The van der Waals surface area contributed by atoms with Crippen LogP contribution < -0.4 is 5.73 Å². The Kier molecular flexibility index (Phi) is 3.02. The SMILES string of the molecule is Cc1cc2c(n1C(C)(C)c1nccs1)CCCC2N.